The van der Waals surface area contributed by atoms with Gasteiger partial charge in [0.25, 0.3) is 5.56 Å². The van der Waals surface area contributed by atoms with Crippen LogP contribution in [0.15, 0.2) is 70.6 Å². The van der Waals surface area contributed by atoms with E-state index in [9.17, 15) is 22.8 Å². The average Bonchev–Trinajstić information content (AvgIpc) is 2.75. The first-order chi connectivity index (χ1) is 15.3. The predicted octanol–water partition coefficient (Wildman–Crippen LogP) is 5.19. The Balaban J connectivity index is 1.69. The zero-order chi connectivity index (χ0) is 22.8. The number of hydrogen-bond acceptors (Lipinski definition) is 4. The lowest BCUT2D eigenvalue weighted by Crippen LogP contribution is -2.24. The number of thioether (sulfide) groups is 1. The number of amides is 1. The third-order valence-electron chi connectivity index (χ3n) is 4.43. The summed E-state index contributed by atoms with van der Waals surface area (Å²) in [7, 11) is 0. The summed E-state index contributed by atoms with van der Waals surface area (Å²) in [6.07, 6.45) is 0. The SMILES string of the molecule is O=C(CSc1nc2ccccc2c(=O)n1-c1ccc(F)cc1F)Nc1ccc(Cl)cc1F. The zero-order valence-corrected chi connectivity index (χ0v) is 17.7. The molecule has 0 aliphatic carbocycles. The summed E-state index contributed by atoms with van der Waals surface area (Å²) < 4.78 is 42.8. The highest BCUT2D eigenvalue weighted by molar-refractivity contribution is 7.99. The summed E-state index contributed by atoms with van der Waals surface area (Å²) in [5.74, 6) is -3.30. The fourth-order valence-corrected chi connectivity index (χ4v) is 3.96. The van der Waals surface area contributed by atoms with Crippen molar-refractivity contribution in [3.05, 3.63) is 93.5 Å². The van der Waals surface area contributed by atoms with Crippen LogP contribution in [0.3, 0.4) is 0 Å². The molecule has 5 nitrogen and oxygen atoms in total. The first kappa shape index (κ1) is 21.9. The van der Waals surface area contributed by atoms with E-state index in [4.69, 9.17) is 11.6 Å². The van der Waals surface area contributed by atoms with Gasteiger partial charge in [0.05, 0.1) is 28.0 Å². The zero-order valence-electron chi connectivity index (χ0n) is 16.1. The molecule has 1 N–H and O–H groups in total. The van der Waals surface area contributed by atoms with Crippen molar-refractivity contribution >= 4 is 45.9 Å². The molecule has 1 heterocycles. The molecule has 0 aliphatic heterocycles. The molecule has 162 valence electrons. The van der Waals surface area contributed by atoms with E-state index in [0.717, 1.165) is 34.5 Å². The maximum Gasteiger partial charge on any atom is 0.266 e. The van der Waals surface area contributed by atoms with Crippen LogP contribution in [0.4, 0.5) is 18.9 Å². The molecule has 0 saturated carbocycles. The highest BCUT2D eigenvalue weighted by atomic mass is 35.5. The molecule has 0 aliphatic rings. The molecule has 0 unspecified atom stereocenters. The smallest absolute Gasteiger partial charge is 0.266 e. The second kappa shape index (κ2) is 9.05. The fraction of sp³-hybridized carbons (Fsp3) is 0.0455. The standard InChI is InChI=1S/C22H13ClF3N3O2S/c23-12-5-7-18(15(25)9-12)27-20(30)11-32-22-28-17-4-2-1-3-14(17)21(31)29(22)19-8-6-13(24)10-16(19)26/h1-10H,11H2,(H,27,30). The van der Waals surface area contributed by atoms with Gasteiger partial charge in [-0.05, 0) is 42.5 Å². The first-order valence-electron chi connectivity index (χ1n) is 9.18. The molecule has 4 rings (SSSR count). The van der Waals surface area contributed by atoms with Crippen LogP contribution in [0.25, 0.3) is 16.6 Å². The molecular formula is C22H13ClF3N3O2S. The molecule has 0 atom stereocenters. The van der Waals surface area contributed by atoms with Crippen LogP contribution >= 0.6 is 23.4 Å². The molecule has 0 radical (unpaired) electrons. The van der Waals surface area contributed by atoms with Gasteiger partial charge in [-0.15, -0.1) is 0 Å². The molecule has 10 heteroatoms. The third-order valence-corrected chi connectivity index (χ3v) is 5.61. The van der Waals surface area contributed by atoms with Gasteiger partial charge in [-0.1, -0.05) is 35.5 Å². The van der Waals surface area contributed by atoms with Gasteiger partial charge >= 0.3 is 0 Å². The Morgan fingerprint density at radius 1 is 1.03 bits per heavy atom. The maximum absolute atomic E-state index is 14.5. The molecule has 0 spiro atoms. The van der Waals surface area contributed by atoms with Crippen LogP contribution < -0.4 is 10.9 Å². The number of carbonyl (C=O) groups is 1. The molecule has 1 amide bonds. The lowest BCUT2D eigenvalue weighted by Gasteiger charge is -2.14. The van der Waals surface area contributed by atoms with Crippen molar-refractivity contribution in [3.63, 3.8) is 0 Å². The second-order valence-electron chi connectivity index (χ2n) is 6.61. The van der Waals surface area contributed by atoms with Crippen molar-refractivity contribution in [2.45, 2.75) is 5.16 Å². The molecule has 4 aromatic rings. The fourth-order valence-electron chi connectivity index (χ4n) is 2.99. The number of carbonyl (C=O) groups excluding carboxylic acids is 1. The monoisotopic (exact) mass is 475 g/mol. The molecule has 1 aromatic heterocycles. The average molecular weight is 476 g/mol. The predicted molar refractivity (Wildman–Crippen MR) is 118 cm³/mol. The molecule has 0 saturated heterocycles. The summed E-state index contributed by atoms with van der Waals surface area (Å²) in [5.41, 5.74) is -0.495. The van der Waals surface area contributed by atoms with Crippen LogP contribution in [0, 0.1) is 17.5 Å². The van der Waals surface area contributed by atoms with Crippen LogP contribution in [-0.2, 0) is 4.79 Å². The van der Waals surface area contributed by atoms with Gasteiger partial charge in [0.15, 0.2) is 5.16 Å². The number of fused-ring (bicyclic) bond motifs is 1. The first-order valence-corrected chi connectivity index (χ1v) is 10.5. The van der Waals surface area contributed by atoms with Gasteiger partial charge < -0.3 is 5.32 Å². The number of halogens is 4. The normalized spacial score (nSPS) is 11.0. The van der Waals surface area contributed by atoms with Gasteiger partial charge in [0.2, 0.25) is 5.91 Å². The van der Waals surface area contributed by atoms with E-state index < -0.39 is 28.9 Å². The summed E-state index contributed by atoms with van der Waals surface area (Å²) in [5, 5.41) is 2.84. The summed E-state index contributed by atoms with van der Waals surface area (Å²) in [6.45, 7) is 0. The lowest BCUT2D eigenvalue weighted by atomic mass is 10.2. The molecule has 32 heavy (non-hydrogen) atoms. The van der Waals surface area contributed by atoms with Crippen molar-refractivity contribution in [2.24, 2.45) is 0 Å². The van der Waals surface area contributed by atoms with Gasteiger partial charge in [0, 0.05) is 11.1 Å². The number of rotatable bonds is 5. The maximum atomic E-state index is 14.5. The number of hydrogen-bond donors (Lipinski definition) is 1. The summed E-state index contributed by atoms with van der Waals surface area (Å²) in [6, 6.07) is 13.1. The van der Waals surface area contributed by atoms with Crippen molar-refractivity contribution in [1.29, 1.82) is 0 Å². The van der Waals surface area contributed by atoms with E-state index in [2.05, 4.69) is 10.3 Å². The quantitative estimate of drug-likeness (QED) is 0.319. The number of para-hydroxylation sites is 1. The highest BCUT2D eigenvalue weighted by Gasteiger charge is 2.18. The van der Waals surface area contributed by atoms with Gasteiger partial charge in [-0.25, -0.2) is 18.2 Å². The molecule has 0 fully saturated rings. The Hall–Kier alpha value is -3.30. The van der Waals surface area contributed by atoms with Crippen molar-refractivity contribution < 1.29 is 18.0 Å². The minimum Gasteiger partial charge on any atom is -0.323 e. The molecule has 0 bridgehead atoms. The van der Waals surface area contributed by atoms with Gasteiger partial charge in [-0.2, -0.15) is 0 Å². The molecular weight excluding hydrogens is 463 g/mol. The Morgan fingerprint density at radius 3 is 2.56 bits per heavy atom. The number of nitrogens with one attached hydrogen (secondary N) is 1. The second-order valence-corrected chi connectivity index (χ2v) is 7.99. The number of benzene rings is 3. The van der Waals surface area contributed by atoms with E-state index in [1.807, 2.05) is 0 Å². The van der Waals surface area contributed by atoms with E-state index in [-0.39, 0.29) is 32.7 Å². The number of nitrogens with zero attached hydrogens (tertiary/aromatic N) is 2. The van der Waals surface area contributed by atoms with Crippen molar-refractivity contribution in [1.82, 2.24) is 9.55 Å². The Labute approximate surface area is 188 Å². The summed E-state index contributed by atoms with van der Waals surface area (Å²) >= 11 is 6.55. The Bertz CT molecular complexity index is 1410. The Morgan fingerprint density at radius 2 is 1.81 bits per heavy atom. The summed E-state index contributed by atoms with van der Waals surface area (Å²) in [4.78, 5) is 29.8. The van der Waals surface area contributed by atoms with E-state index in [1.165, 1.54) is 18.2 Å². The minimum absolute atomic E-state index is 0.0194. The van der Waals surface area contributed by atoms with E-state index >= 15 is 0 Å². The van der Waals surface area contributed by atoms with Gasteiger partial charge in [0.1, 0.15) is 17.5 Å². The third kappa shape index (κ3) is 4.49. The lowest BCUT2D eigenvalue weighted by molar-refractivity contribution is -0.113. The van der Waals surface area contributed by atoms with Crippen LogP contribution in [0.2, 0.25) is 5.02 Å². The highest BCUT2D eigenvalue weighted by Crippen LogP contribution is 2.24. The number of anilines is 1. The van der Waals surface area contributed by atoms with E-state index in [1.54, 1.807) is 18.2 Å². The molecule has 3 aromatic carbocycles. The number of aromatic nitrogens is 2. The van der Waals surface area contributed by atoms with Crippen LogP contribution in [0.1, 0.15) is 0 Å². The van der Waals surface area contributed by atoms with Gasteiger partial charge in [-0.3, -0.25) is 14.2 Å². The van der Waals surface area contributed by atoms with Crippen LogP contribution in [-0.4, -0.2) is 21.2 Å². The van der Waals surface area contributed by atoms with Crippen molar-refractivity contribution in [2.75, 3.05) is 11.1 Å². The Kier molecular flexibility index (Phi) is 6.20. The van der Waals surface area contributed by atoms with E-state index in [0.29, 0.717) is 11.6 Å². The minimum atomic E-state index is -0.960. The largest absolute Gasteiger partial charge is 0.323 e. The van der Waals surface area contributed by atoms with Crippen LogP contribution in [0.5, 0.6) is 0 Å². The topological polar surface area (TPSA) is 64.0 Å². The van der Waals surface area contributed by atoms with Crippen molar-refractivity contribution in [3.8, 4) is 5.69 Å².